The molecule has 0 radical (unpaired) electrons. The first-order chi connectivity index (χ1) is 9.81. The molecule has 0 fully saturated rings. The topological polar surface area (TPSA) is 84.2 Å². The minimum absolute atomic E-state index is 0.117. The van der Waals surface area contributed by atoms with Crippen LogP contribution in [0.4, 0.5) is 5.69 Å². The van der Waals surface area contributed by atoms with E-state index in [0.29, 0.717) is 24.2 Å². The largest absolute Gasteiger partial charge is 0.352 e. The molecule has 5 heteroatoms. The van der Waals surface area contributed by atoms with Crippen molar-refractivity contribution in [1.82, 2.24) is 5.32 Å². The van der Waals surface area contributed by atoms with Crippen molar-refractivity contribution < 1.29 is 9.59 Å². The highest BCUT2D eigenvalue weighted by atomic mass is 16.2. The number of carbonyl (C=O) groups excluding carboxylic acids is 2. The third-order valence-corrected chi connectivity index (χ3v) is 3.36. The van der Waals surface area contributed by atoms with E-state index >= 15 is 0 Å². The molecule has 4 N–H and O–H groups in total. The zero-order valence-corrected chi connectivity index (χ0v) is 13.2. The molecule has 1 atom stereocenters. The van der Waals surface area contributed by atoms with Gasteiger partial charge in [-0.2, -0.15) is 0 Å². The highest BCUT2D eigenvalue weighted by Crippen LogP contribution is 2.19. The van der Waals surface area contributed by atoms with Crippen molar-refractivity contribution in [1.29, 1.82) is 0 Å². The van der Waals surface area contributed by atoms with Crippen LogP contribution >= 0.6 is 0 Å². The highest BCUT2D eigenvalue weighted by molar-refractivity contribution is 5.99. The van der Waals surface area contributed by atoms with Gasteiger partial charge in [-0.15, -0.1) is 0 Å². The summed E-state index contributed by atoms with van der Waals surface area (Å²) < 4.78 is 0. The number of nitrogens with two attached hydrogens (primary N) is 1. The number of benzene rings is 1. The maximum absolute atomic E-state index is 12.2. The Morgan fingerprint density at radius 1 is 1.29 bits per heavy atom. The average molecular weight is 291 g/mol. The maximum atomic E-state index is 12.2. The third-order valence-electron chi connectivity index (χ3n) is 3.36. The van der Waals surface area contributed by atoms with Crippen LogP contribution in [0.2, 0.25) is 0 Å². The molecule has 116 valence electrons. The van der Waals surface area contributed by atoms with Crippen LogP contribution < -0.4 is 16.4 Å². The Bertz CT molecular complexity index is 524. The van der Waals surface area contributed by atoms with Gasteiger partial charge in [0, 0.05) is 17.8 Å². The van der Waals surface area contributed by atoms with E-state index in [0.717, 1.165) is 12.0 Å². The monoisotopic (exact) mass is 291 g/mol. The predicted octanol–water partition coefficient (Wildman–Crippen LogP) is 2.20. The summed E-state index contributed by atoms with van der Waals surface area (Å²) in [5, 5.41) is 5.58. The fourth-order valence-corrected chi connectivity index (χ4v) is 2.11. The van der Waals surface area contributed by atoms with Crippen molar-refractivity contribution in [3.8, 4) is 0 Å². The van der Waals surface area contributed by atoms with Crippen LogP contribution in [0.3, 0.4) is 0 Å². The molecule has 1 aromatic rings. The van der Waals surface area contributed by atoms with Gasteiger partial charge in [-0.1, -0.05) is 13.3 Å². The summed E-state index contributed by atoms with van der Waals surface area (Å²) in [6, 6.07) is 5.19. The molecule has 0 aliphatic heterocycles. The first-order valence-corrected chi connectivity index (χ1v) is 7.31. The Balaban J connectivity index is 2.86. The Hall–Kier alpha value is -1.88. The Morgan fingerprint density at radius 2 is 1.95 bits per heavy atom. The zero-order valence-electron chi connectivity index (χ0n) is 13.2. The molecule has 0 heterocycles. The lowest BCUT2D eigenvalue weighted by Crippen LogP contribution is -2.48. The van der Waals surface area contributed by atoms with Gasteiger partial charge in [-0.3, -0.25) is 9.59 Å². The third kappa shape index (κ3) is 4.56. The van der Waals surface area contributed by atoms with Gasteiger partial charge < -0.3 is 16.4 Å². The van der Waals surface area contributed by atoms with E-state index < -0.39 is 5.54 Å². The number of hydrogen-bond acceptors (Lipinski definition) is 3. The maximum Gasteiger partial charge on any atom is 0.251 e. The lowest BCUT2D eigenvalue weighted by atomic mass is 9.96. The summed E-state index contributed by atoms with van der Waals surface area (Å²) in [4.78, 5) is 23.9. The summed E-state index contributed by atoms with van der Waals surface area (Å²) in [5.74, 6) is -0.327. The second-order valence-corrected chi connectivity index (χ2v) is 5.51. The van der Waals surface area contributed by atoms with Gasteiger partial charge in [0.1, 0.15) is 0 Å². The molecule has 2 amide bonds. The van der Waals surface area contributed by atoms with Crippen LogP contribution in [0.15, 0.2) is 18.2 Å². The summed E-state index contributed by atoms with van der Waals surface area (Å²) >= 11 is 0. The van der Waals surface area contributed by atoms with Gasteiger partial charge in [0.15, 0.2) is 0 Å². The summed E-state index contributed by atoms with van der Waals surface area (Å²) in [7, 11) is 0. The fourth-order valence-electron chi connectivity index (χ4n) is 2.11. The molecular weight excluding hydrogens is 266 g/mol. The zero-order chi connectivity index (χ0) is 16.0. The number of aryl methyl sites for hydroxylation is 1. The van der Waals surface area contributed by atoms with Gasteiger partial charge in [-0.05, 0) is 51.0 Å². The smallest absolute Gasteiger partial charge is 0.251 e. The Morgan fingerprint density at radius 3 is 2.48 bits per heavy atom. The highest BCUT2D eigenvalue weighted by Gasteiger charge is 2.27. The van der Waals surface area contributed by atoms with Crippen LogP contribution in [0.5, 0.6) is 0 Å². The second kappa shape index (κ2) is 7.22. The SMILES string of the molecule is CCCC(C)(N)C(=O)Nc1ccc(C(=O)NCC)cc1C. The van der Waals surface area contributed by atoms with Crippen molar-refractivity contribution in [2.45, 2.75) is 46.1 Å². The molecule has 0 aromatic heterocycles. The predicted molar refractivity (Wildman–Crippen MR) is 85.3 cm³/mol. The summed E-state index contributed by atoms with van der Waals surface area (Å²) in [6.07, 6.45) is 1.46. The van der Waals surface area contributed by atoms with E-state index in [-0.39, 0.29) is 11.8 Å². The number of carbonyl (C=O) groups is 2. The second-order valence-electron chi connectivity index (χ2n) is 5.51. The fraction of sp³-hybridized carbons (Fsp3) is 0.500. The van der Waals surface area contributed by atoms with Crippen molar-refractivity contribution in [3.63, 3.8) is 0 Å². The van der Waals surface area contributed by atoms with Crippen molar-refractivity contribution in [3.05, 3.63) is 29.3 Å². The standard InChI is InChI=1S/C16H25N3O2/c1-5-9-16(4,17)15(21)19-13-8-7-12(10-11(13)3)14(20)18-6-2/h7-8,10H,5-6,9,17H2,1-4H3,(H,18,20)(H,19,21). The van der Waals surface area contributed by atoms with Crippen LogP contribution in [0, 0.1) is 6.92 Å². The Kier molecular flexibility index (Phi) is 5.90. The number of rotatable bonds is 6. The summed E-state index contributed by atoms with van der Waals surface area (Å²) in [6.45, 7) is 8.02. The molecule has 0 saturated heterocycles. The van der Waals surface area contributed by atoms with Gasteiger partial charge in [-0.25, -0.2) is 0 Å². The molecular formula is C16H25N3O2. The number of amides is 2. The molecule has 5 nitrogen and oxygen atoms in total. The number of anilines is 1. The Labute approximate surface area is 126 Å². The molecule has 0 spiro atoms. The van der Waals surface area contributed by atoms with Crippen molar-refractivity contribution in [2.24, 2.45) is 5.73 Å². The van der Waals surface area contributed by atoms with Gasteiger partial charge >= 0.3 is 0 Å². The van der Waals surface area contributed by atoms with Gasteiger partial charge in [0.25, 0.3) is 5.91 Å². The molecule has 0 bridgehead atoms. The number of nitrogens with one attached hydrogen (secondary N) is 2. The summed E-state index contributed by atoms with van der Waals surface area (Å²) in [5.41, 5.74) is 7.21. The van der Waals surface area contributed by atoms with E-state index in [4.69, 9.17) is 5.73 Å². The molecule has 0 aliphatic rings. The van der Waals surface area contributed by atoms with E-state index in [1.165, 1.54) is 0 Å². The molecule has 1 aromatic carbocycles. The van der Waals surface area contributed by atoms with Crippen molar-refractivity contribution in [2.75, 3.05) is 11.9 Å². The van der Waals surface area contributed by atoms with E-state index in [2.05, 4.69) is 10.6 Å². The molecule has 0 saturated carbocycles. The molecule has 21 heavy (non-hydrogen) atoms. The molecule has 1 rings (SSSR count). The van der Waals surface area contributed by atoms with Crippen molar-refractivity contribution >= 4 is 17.5 Å². The van der Waals surface area contributed by atoms with Crippen LogP contribution in [0.1, 0.15) is 49.5 Å². The first kappa shape index (κ1) is 17.2. The molecule has 1 unspecified atom stereocenters. The molecule has 0 aliphatic carbocycles. The van der Waals surface area contributed by atoms with Gasteiger partial charge in [0.05, 0.1) is 5.54 Å². The van der Waals surface area contributed by atoms with Crippen LogP contribution in [-0.4, -0.2) is 23.9 Å². The normalized spacial score (nSPS) is 13.4. The lowest BCUT2D eigenvalue weighted by Gasteiger charge is -2.23. The van der Waals surface area contributed by atoms with E-state index in [1.54, 1.807) is 25.1 Å². The van der Waals surface area contributed by atoms with E-state index in [1.807, 2.05) is 20.8 Å². The average Bonchev–Trinajstić information content (AvgIpc) is 2.41. The lowest BCUT2D eigenvalue weighted by molar-refractivity contribution is -0.120. The quantitative estimate of drug-likeness (QED) is 0.751. The minimum Gasteiger partial charge on any atom is -0.352 e. The van der Waals surface area contributed by atoms with E-state index in [9.17, 15) is 9.59 Å². The van der Waals surface area contributed by atoms with Crippen LogP contribution in [0.25, 0.3) is 0 Å². The van der Waals surface area contributed by atoms with Crippen LogP contribution in [-0.2, 0) is 4.79 Å². The number of hydrogen-bond donors (Lipinski definition) is 3. The first-order valence-electron chi connectivity index (χ1n) is 7.31. The van der Waals surface area contributed by atoms with Gasteiger partial charge in [0.2, 0.25) is 5.91 Å². The minimum atomic E-state index is -0.889.